The Kier molecular flexibility index (Phi) is 3.15. The Morgan fingerprint density at radius 1 is 1.17 bits per heavy atom. The molecule has 1 nitrogen and oxygen atoms in total. The first-order chi connectivity index (χ1) is 8.79. The summed E-state index contributed by atoms with van der Waals surface area (Å²) in [6.07, 6.45) is 0. The van der Waals surface area contributed by atoms with E-state index in [0.29, 0.717) is 0 Å². The van der Waals surface area contributed by atoms with Gasteiger partial charge in [0.2, 0.25) is 0 Å². The van der Waals surface area contributed by atoms with Gasteiger partial charge in [0.1, 0.15) is 0 Å². The molecule has 0 fully saturated rings. The zero-order valence-corrected chi connectivity index (χ0v) is 12.0. The van der Waals surface area contributed by atoms with Gasteiger partial charge >= 0.3 is 0 Å². The SMILES string of the molecule is N#CC1c2ccccc2CSc2ccc(Br)cc21. The van der Waals surface area contributed by atoms with E-state index in [0.717, 1.165) is 21.4 Å². The Hall–Kier alpha value is -1.24. The van der Waals surface area contributed by atoms with Crippen LogP contribution in [-0.2, 0) is 5.75 Å². The second-order valence-corrected chi connectivity index (χ2v) is 6.16. The molecule has 0 saturated carbocycles. The number of nitrogens with zero attached hydrogens (tertiary/aromatic N) is 1. The van der Waals surface area contributed by atoms with Gasteiger partial charge in [0.05, 0.1) is 12.0 Å². The van der Waals surface area contributed by atoms with Crippen molar-refractivity contribution < 1.29 is 0 Å². The van der Waals surface area contributed by atoms with Crippen molar-refractivity contribution in [3.05, 3.63) is 63.6 Å². The fourth-order valence-corrected chi connectivity index (χ4v) is 3.75. The van der Waals surface area contributed by atoms with Crippen molar-refractivity contribution in [1.29, 1.82) is 5.26 Å². The Morgan fingerprint density at radius 3 is 2.83 bits per heavy atom. The summed E-state index contributed by atoms with van der Waals surface area (Å²) in [6.45, 7) is 0. The van der Waals surface area contributed by atoms with E-state index in [2.05, 4.69) is 46.3 Å². The monoisotopic (exact) mass is 315 g/mol. The van der Waals surface area contributed by atoms with Gasteiger partial charge < -0.3 is 0 Å². The minimum atomic E-state index is -0.163. The molecule has 0 spiro atoms. The van der Waals surface area contributed by atoms with Crippen LogP contribution in [0.25, 0.3) is 0 Å². The van der Waals surface area contributed by atoms with Gasteiger partial charge in [0.15, 0.2) is 0 Å². The molecule has 2 aromatic rings. The highest BCUT2D eigenvalue weighted by Crippen LogP contribution is 2.41. The number of thioether (sulfide) groups is 1. The third-order valence-electron chi connectivity index (χ3n) is 3.16. The smallest absolute Gasteiger partial charge is 0.0976 e. The van der Waals surface area contributed by atoms with Crippen molar-refractivity contribution in [2.45, 2.75) is 16.6 Å². The molecule has 0 aliphatic carbocycles. The van der Waals surface area contributed by atoms with Gasteiger partial charge in [-0.25, -0.2) is 0 Å². The van der Waals surface area contributed by atoms with Crippen LogP contribution in [0.5, 0.6) is 0 Å². The topological polar surface area (TPSA) is 23.8 Å². The molecule has 1 unspecified atom stereocenters. The van der Waals surface area contributed by atoms with E-state index in [9.17, 15) is 5.26 Å². The van der Waals surface area contributed by atoms with Crippen LogP contribution < -0.4 is 0 Å². The van der Waals surface area contributed by atoms with Crippen LogP contribution in [0.3, 0.4) is 0 Å². The normalized spacial score (nSPS) is 17.2. The summed E-state index contributed by atoms with van der Waals surface area (Å²) < 4.78 is 1.03. The van der Waals surface area contributed by atoms with E-state index in [-0.39, 0.29) is 5.92 Å². The summed E-state index contributed by atoms with van der Waals surface area (Å²) in [5.41, 5.74) is 3.52. The number of benzene rings is 2. The summed E-state index contributed by atoms with van der Waals surface area (Å²) in [5, 5.41) is 9.53. The molecular formula is C15H10BrNS. The first kappa shape index (κ1) is 11.8. The van der Waals surface area contributed by atoms with Gasteiger partial charge in [-0.3, -0.25) is 0 Å². The lowest BCUT2D eigenvalue weighted by atomic mass is 9.90. The lowest BCUT2D eigenvalue weighted by molar-refractivity contribution is 0.991. The molecule has 1 aliphatic rings. The maximum atomic E-state index is 9.53. The number of halogens is 1. The van der Waals surface area contributed by atoms with Gasteiger partial charge in [-0.2, -0.15) is 5.26 Å². The Labute approximate surface area is 119 Å². The van der Waals surface area contributed by atoms with Gasteiger partial charge in [0, 0.05) is 15.1 Å². The highest BCUT2D eigenvalue weighted by atomic mass is 79.9. The fourth-order valence-electron chi connectivity index (χ4n) is 2.29. The molecule has 0 saturated heterocycles. The predicted molar refractivity (Wildman–Crippen MR) is 77.6 cm³/mol. The minimum absolute atomic E-state index is 0.163. The standard InChI is InChI=1S/C15H10BrNS/c16-11-5-6-15-13(7-11)14(8-17)12-4-2-1-3-10(12)9-18-15/h1-7,14H,9H2. The third-order valence-corrected chi connectivity index (χ3v) is 4.79. The molecule has 0 bridgehead atoms. The first-order valence-corrected chi connectivity index (χ1v) is 7.47. The predicted octanol–water partition coefficient (Wildman–Crippen LogP) is 4.71. The van der Waals surface area contributed by atoms with Crippen LogP contribution in [0.15, 0.2) is 51.8 Å². The average Bonchev–Trinajstić information content (AvgIpc) is 2.54. The van der Waals surface area contributed by atoms with Crippen molar-refractivity contribution in [3.63, 3.8) is 0 Å². The fraction of sp³-hybridized carbons (Fsp3) is 0.133. The molecule has 88 valence electrons. The van der Waals surface area contributed by atoms with Gasteiger partial charge in [-0.05, 0) is 34.9 Å². The lowest BCUT2D eigenvalue weighted by Gasteiger charge is -2.12. The van der Waals surface area contributed by atoms with Crippen molar-refractivity contribution >= 4 is 27.7 Å². The first-order valence-electron chi connectivity index (χ1n) is 5.69. The molecule has 3 heteroatoms. The summed E-state index contributed by atoms with van der Waals surface area (Å²) in [4.78, 5) is 1.21. The van der Waals surface area contributed by atoms with E-state index in [1.54, 1.807) is 0 Å². The molecular weight excluding hydrogens is 306 g/mol. The van der Waals surface area contributed by atoms with E-state index in [1.165, 1.54) is 10.5 Å². The average molecular weight is 316 g/mol. The van der Waals surface area contributed by atoms with Gasteiger partial charge in [-0.1, -0.05) is 40.2 Å². The van der Waals surface area contributed by atoms with E-state index in [4.69, 9.17) is 0 Å². The molecule has 1 atom stereocenters. The number of rotatable bonds is 0. The van der Waals surface area contributed by atoms with Crippen LogP contribution in [0, 0.1) is 11.3 Å². The third kappa shape index (κ3) is 1.96. The summed E-state index contributed by atoms with van der Waals surface area (Å²) >= 11 is 5.30. The molecule has 0 amide bonds. The Bertz CT molecular complexity index is 645. The van der Waals surface area contributed by atoms with E-state index in [1.807, 2.05) is 30.0 Å². The lowest BCUT2D eigenvalue weighted by Crippen LogP contribution is -2.00. The highest BCUT2D eigenvalue weighted by Gasteiger charge is 2.23. The summed E-state index contributed by atoms with van der Waals surface area (Å²) in [5.74, 6) is 0.770. The quantitative estimate of drug-likeness (QED) is 0.703. The van der Waals surface area contributed by atoms with Gasteiger partial charge in [-0.15, -0.1) is 11.8 Å². The number of fused-ring (bicyclic) bond motifs is 2. The van der Waals surface area contributed by atoms with Crippen molar-refractivity contribution in [2.24, 2.45) is 0 Å². The molecule has 0 aromatic heterocycles. The zero-order chi connectivity index (χ0) is 12.5. The molecule has 2 aromatic carbocycles. The molecule has 1 aliphatic heterocycles. The minimum Gasteiger partial charge on any atom is -0.197 e. The number of hydrogen-bond donors (Lipinski definition) is 0. The van der Waals surface area contributed by atoms with Crippen LogP contribution in [0.4, 0.5) is 0 Å². The maximum absolute atomic E-state index is 9.53. The van der Waals surface area contributed by atoms with Gasteiger partial charge in [0.25, 0.3) is 0 Å². The molecule has 0 N–H and O–H groups in total. The van der Waals surface area contributed by atoms with E-state index < -0.39 is 0 Å². The van der Waals surface area contributed by atoms with Crippen molar-refractivity contribution in [1.82, 2.24) is 0 Å². The second kappa shape index (κ2) is 4.79. The molecule has 3 rings (SSSR count). The summed E-state index contributed by atoms with van der Waals surface area (Å²) in [6, 6.07) is 16.9. The Balaban J connectivity index is 2.24. The van der Waals surface area contributed by atoms with E-state index >= 15 is 0 Å². The van der Waals surface area contributed by atoms with Crippen LogP contribution >= 0.6 is 27.7 Å². The number of hydrogen-bond acceptors (Lipinski definition) is 2. The maximum Gasteiger partial charge on any atom is 0.0976 e. The zero-order valence-electron chi connectivity index (χ0n) is 9.56. The largest absolute Gasteiger partial charge is 0.197 e. The van der Waals surface area contributed by atoms with Crippen LogP contribution in [-0.4, -0.2) is 0 Å². The highest BCUT2D eigenvalue weighted by molar-refractivity contribution is 9.10. The molecule has 1 heterocycles. The molecule has 18 heavy (non-hydrogen) atoms. The van der Waals surface area contributed by atoms with Crippen LogP contribution in [0.1, 0.15) is 22.6 Å². The molecule has 0 radical (unpaired) electrons. The summed E-state index contributed by atoms with van der Waals surface area (Å²) in [7, 11) is 0. The number of nitriles is 1. The van der Waals surface area contributed by atoms with Crippen LogP contribution in [0.2, 0.25) is 0 Å². The van der Waals surface area contributed by atoms with Crippen molar-refractivity contribution in [2.75, 3.05) is 0 Å². The second-order valence-electron chi connectivity index (χ2n) is 4.23. The Morgan fingerprint density at radius 2 is 2.00 bits per heavy atom. The van der Waals surface area contributed by atoms with Crippen molar-refractivity contribution in [3.8, 4) is 6.07 Å².